The highest BCUT2D eigenvalue weighted by Crippen LogP contribution is 2.21. The van der Waals surface area contributed by atoms with E-state index in [9.17, 15) is 8.42 Å². The minimum Gasteiger partial charge on any atom is -0.370 e. The van der Waals surface area contributed by atoms with E-state index >= 15 is 0 Å². The van der Waals surface area contributed by atoms with Crippen molar-refractivity contribution in [2.45, 2.75) is 24.7 Å². The van der Waals surface area contributed by atoms with Crippen molar-refractivity contribution in [1.82, 2.24) is 4.98 Å². The van der Waals surface area contributed by atoms with Gasteiger partial charge in [-0.05, 0) is 49.6 Å². The molecule has 1 aromatic carbocycles. The molecule has 1 N–H and O–H groups in total. The standard InChI is InChI=1S/C16H19N3O2S/c1-13-5-4-6-15(11-13)22(20,21)18-16-8-7-14(12-17-16)19-9-2-3-10-19/h4-8,11-12H,2-3,9-10H2,1H3,(H,17,18). The average Bonchev–Trinajstić information content (AvgIpc) is 3.02. The first-order valence-electron chi connectivity index (χ1n) is 7.35. The van der Waals surface area contributed by atoms with Crippen molar-refractivity contribution in [3.8, 4) is 0 Å². The molecule has 116 valence electrons. The molecule has 0 saturated carbocycles. The van der Waals surface area contributed by atoms with Crippen molar-refractivity contribution >= 4 is 21.5 Å². The summed E-state index contributed by atoms with van der Waals surface area (Å²) in [6.07, 6.45) is 4.11. The molecule has 0 radical (unpaired) electrons. The van der Waals surface area contributed by atoms with Gasteiger partial charge in [0, 0.05) is 13.1 Å². The molecule has 3 rings (SSSR count). The second kappa shape index (κ2) is 5.96. The highest BCUT2D eigenvalue weighted by Gasteiger charge is 2.16. The zero-order valence-corrected chi connectivity index (χ0v) is 13.3. The van der Waals surface area contributed by atoms with E-state index in [1.165, 1.54) is 12.8 Å². The van der Waals surface area contributed by atoms with Crippen LogP contribution in [-0.4, -0.2) is 26.5 Å². The second-order valence-corrected chi connectivity index (χ2v) is 7.20. The predicted molar refractivity (Wildman–Crippen MR) is 87.7 cm³/mol. The van der Waals surface area contributed by atoms with Gasteiger partial charge in [-0.25, -0.2) is 13.4 Å². The lowest BCUT2D eigenvalue weighted by Gasteiger charge is -2.17. The van der Waals surface area contributed by atoms with E-state index in [2.05, 4.69) is 14.6 Å². The molecule has 5 nitrogen and oxygen atoms in total. The lowest BCUT2D eigenvalue weighted by molar-refractivity contribution is 0.601. The van der Waals surface area contributed by atoms with Gasteiger partial charge in [0.15, 0.2) is 0 Å². The number of anilines is 2. The number of hydrogen-bond acceptors (Lipinski definition) is 4. The molecular formula is C16H19N3O2S. The van der Waals surface area contributed by atoms with E-state index in [1.54, 1.807) is 30.5 Å². The van der Waals surface area contributed by atoms with Gasteiger partial charge >= 0.3 is 0 Å². The van der Waals surface area contributed by atoms with Crippen LogP contribution in [0.25, 0.3) is 0 Å². The van der Waals surface area contributed by atoms with Crippen molar-refractivity contribution in [1.29, 1.82) is 0 Å². The van der Waals surface area contributed by atoms with Gasteiger partial charge in [0.2, 0.25) is 0 Å². The molecule has 2 heterocycles. The molecule has 1 saturated heterocycles. The first kappa shape index (κ1) is 14.8. The van der Waals surface area contributed by atoms with Gasteiger partial charge < -0.3 is 4.90 Å². The van der Waals surface area contributed by atoms with Crippen LogP contribution < -0.4 is 9.62 Å². The summed E-state index contributed by atoms with van der Waals surface area (Å²) in [5.74, 6) is 0.337. The second-order valence-electron chi connectivity index (χ2n) is 5.52. The molecule has 1 aliphatic heterocycles. The van der Waals surface area contributed by atoms with Crippen LogP contribution in [0.1, 0.15) is 18.4 Å². The molecule has 1 aromatic heterocycles. The van der Waals surface area contributed by atoms with Crippen molar-refractivity contribution in [2.75, 3.05) is 22.7 Å². The number of hydrogen-bond donors (Lipinski definition) is 1. The van der Waals surface area contributed by atoms with E-state index in [4.69, 9.17) is 0 Å². The molecule has 6 heteroatoms. The van der Waals surface area contributed by atoms with Gasteiger partial charge in [-0.3, -0.25) is 4.72 Å². The zero-order valence-electron chi connectivity index (χ0n) is 12.5. The molecule has 0 bridgehead atoms. The first-order chi connectivity index (χ1) is 10.5. The summed E-state index contributed by atoms with van der Waals surface area (Å²) in [5, 5.41) is 0. The number of nitrogens with zero attached hydrogens (tertiary/aromatic N) is 2. The van der Waals surface area contributed by atoms with Crippen molar-refractivity contribution in [3.63, 3.8) is 0 Å². The van der Waals surface area contributed by atoms with Gasteiger partial charge in [0.25, 0.3) is 10.0 Å². The molecule has 1 fully saturated rings. The zero-order chi connectivity index (χ0) is 15.6. The highest BCUT2D eigenvalue weighted by atomic mass is 32.2. The molecule has 0 spiro atoms. The van der Waals surface area contributed by atoms with E-state index in [0.717, 1.165) is 24.3 Å². The van der Waals surface area contributed by atoms with E-state index in [1.807, 2.05) is 19.1 Å². The minimum atomic E-state index is -3.59. The largest absolute Gasteiger partial charge is 0.370 e. The summed E-state index contributed by atoms with van der Waals surface area (Å²) in [5.41, 5.74) is 1.94. The molecule has 1 aliphatic rings. The fourth-order valence-electron chi connectivity index (χ4n) is 2.59. The summed E-state index contributed by atoms with van der Waals surface area (Å²) in [4.78, 5) is 6.73. The Labute approximate surface area is 131 Å². The van der Waals surface area contributed by atoms with Crippen molar-refractivity contribution in [3.05, 3.63) is 48.2 Å². The van der Waals surface area contributed by atoms with Crippen LogP contribution in [0.15, 0.2) is 47.5 Å². The number of aryl methyl sites for hydroxylation is 1. The Balaban J connectivity index is 1.77. The average molecular weight is 317 g/mol. The van der Waals surface area contributed by atoms with Crippen LogP contribution >= 0.6 is 0 Å². The normalized spacial score (nSPS) is 15.0. The van der Waals surface area contributed by atoms with Crippen LogP contribution in [0.3, 0.4) is 0 Å². The summed E-state index contributed by atoms with van der Waals surface area (Å²) in [6.45, 7) is 3.94. The monoisotopic (exact) mass is 317 g/mol. The lowest BCUT2D eigenvalue weighted by Crippen LogP contribution is -2.18. The minimum absolute atomic E-state index is 0.248. The number of benzene rings is 1. The fraction of sp³-hybridized carbons (Fsp3) is 0.312. The number of aromatic nitrogens is 1. The van der Waals surface area contributed by atoms with Crippen LogP contribution in [-0.2, 0) is 10.0 Å². The topological polar surface area (TPSA) is 62.3 Å². The number of pyridine rings is 1. The van der Waals surface area contributed by atoms with Gasteiger partial charge in [-0.1, -0.05) is 12.1 Å². The summed E-state index contributed by atoms with van der Waals surface area (Å²) >= 11 is 0. The molecule has 0 amide bonds. The summed E-state index contributed by atoms with van der Waals surface area (Å²) in [6, 6.07) is 10.4. The fourth-order valence-corrected chi connectivity index (χ4v) is 3.70. The lowest BCUT2D eigenvalue weighted by atomic mass is 10.2. The van der Waals surface area contributed by atoms with Gasteiger partial charge in [-0.15, -0.1) is 0 Å². The van der Waals surface area contributed by atoms with E-state index < -0.39 is 10.0 Å². The molecule has 0 aliphatic carbocycles. The molecular weight excluding hydrogens is 298 g/mol. The van der Waals surface area contributed by atoms with Crippen LogP contribution in [0.5, 0.6) is 0 Å². The third-order valence-electron chi connectivity index (χ3n) is 3.76. The summed E-state index contributed by atoms with van der Waals surface area (Å²) < 4.78 is 27.2. The Bertz CT molecular complexity index is 751. The molecule has 0 atom stereocenters. The third kappa shape index (κ3) is 3.22. The van der Waals surface area contributed by atoms with Crippen molar-refractivity contribution in [2.24, 2.45) is 0 Å². The molecule has 22 heavy (non-hydrogen) atoms. The van der Waals surface area contributed by atoms with E-state index in [0.29, 0.717) is 5.82 Å². The van der Waals surface area contributed by atoms with Gasteiger partial charge in [-0.2, -0.15) is 0 Å². The highest BCUT2D eigenvalue weighted by molar-refractivity contribution is 7.92. The number of rotatable bonds is 4. The van der Waals surface area contributed by atoms with Crippen LogP contribution in [0.2, 0.25) is 0 Å². The number of nitrogens with one attached hydrogen (secondary N) is 1. The van der Waals surface area contributed by atoms with Gasteiger partial charge in [0.05, 0.1) is 16.8 Å². The molecule has 2 aromatic rings. The third-order valence-corrected chi connectivity index (χ3v) is 5.11. The van der Waals surface area contributed by atoms with Gasteiger partial charge in [0.1, 0.15) is 5.82 Å². The Hall–Kier alpha value is -2.08. The van der Waals surface area contributed by atoms with Crippen molar-refractivity contribution < 1.29 is 8.42 Å². The maximum atomic E-state index is 12.3. The number of sulfonamides is 1. The Morgan fingerprint density at radius 3 is 2.55 bits per heavy atom. The maximum absolute atomic E-state index is 12.3. The Kier molecular flexibility index (Phi) is 4.02. The quantitative estimate of drug-likeness (QED) is 0.942. The Morgan fingerprint density at radius 1 is 1.14 bits per heavy atom. The SMILES string of the molecule is Cc1cccc(S(=O)(=O)Nc2ccc(N3CCCC3)cn2)c1. The smallest absolute Gasteiger partial charge is 0.263 e. The first-order valence-corrected chi connectivity index (χ1v) is 8.83. The van der Waals surface area contributed by atoms with Crippen LogP contribution in [0, 0.1) is 6.92 Å². The molecule has 0 unspecified atom stereocenters. The predicted octanol–water partition coefficient (Wildman–Crippen LogP) is 2.79. The Morgan fingerprint density at radius 2 is 1.91 bits per heavy atom. The summed E-state index contributed by atoms with van der Waals surface area (Å²) in [7, 11) is -3.59. The van der Waals surface area contributed by atoms with Crippen LogP contribution in [0.4, 0.5) is 11.5 Å². The maximum Gasteiger partial charge on any atom is 0.263 e. The van der Waals surface area contributed by atoms with E-state index in [-0.39, 0.29) is 4.90 Å².